The van der Waals surface area contributed by atoms with Gasteiger partial charge in [0.1, 0.15) is 16.4 Å². The third-order valence-corrected chi connectivity index (χ3v) is 3.25. The van der Waals surface area contributed by atoms with Gasteiger partial charge in [-0.2, -0.15) is 5.10 Å². The van der Waals surface area contributed by atoms with Crippen molar-refractivity contribution in [1.82, 2.24) is 24.6 Å². The first-order chi connectivity index (χ1) is 8.74. The molecular formula is C10H8N6OS. The molecule has 0 unspecified atom stereocenters. The van der Waals surface area contributed by atoms with Gasteiger partial charge < -0.3 is 5.73 Å². The summed E-state index contributed by atoms with van der Waals surface area (Å²) in [6, 6.07) is 5.23. The fourth-order valence-electron chi connectivity index (χ4n) is 1.44. The quantitative estimate of drug-likeness (QED) is 0.652. The Labute approximate surface area is 105 Å². The summed E-state index contributed by atoms with van der Waals surface area (Å²) in [6.07, 6.45) is 3.08. The smallest absolute Gasteiger partial charge is 0.348 e. The van der Waals surface area contributed by atoms with Crippen molar-refractivity contribution in [3.05, 3.63) is 41.2 Å². The van der Waals surface area contributed by atoms with Crippen LogP contribution in [-0.2, 0) is 0 Å². The van der Waals surface area contributed by atoms with E-state index < -0.39 is 0 Å². The Morgan fingerprint density at radius 3 is 3.11 bits per heavy atom. The van der Waals surface area contributed by atoms with Crippen LogP contribution in [0.1, 0.15) is 0 Å². The first kappa shape index (κ1) is 10.8. The highest BCUT2D eigenvalue weighted by atomic mass is 32.2. The zero-order chi connectivity index (χ0) is 12.5. The van der Waals surface area contributed by atoms with Gasteiger partial charge in [0.05, 0.1) is 5.69 Å². The molecule has 18 heavy (non-hydrogen) atoms. The molecule has 0 bridgehead atoms. The van der Waals surface area contributed by atoms with Crippen molar-refractivity contribution in [2.45, 2.75) is 10.1 Å². The zero-order valence-corrected chi connectivity index (χ0v) is 9.89. The monoisotopic (exact) mass is 260 g/mol. The number of hydrogen-bond acceptors (Lipinski definition) is 6. The van der Waals surface area contributed by atoms with E-state index in [0.717, 1.165) is 0 Å². The van der Waals surface area contributed by atoms with Crippen molar-refractivity contribution in [1.29, 1.82) is 0 Å². The first-order valence-corrected chi connectivity index (χ1v) is 5.87. The van der Waals surface area contributed by atoms with Crippen molar-refractivity contribution in [3.8, 4) is 0 Å². The number of rotatable bonds is 2. The molecule has 0 aliphatic rings. The van der Waals surface area contributed by atoms with E-state index in [2.05, 4.69) is 20.2 Å². The van der Waals surface area contributed by atoms with Gasteiger partial charge >= 0.3 is 5.69 Å². The molecule has 0 spiro atoms. The van der Waals surface area contributed by atoms with Crippen molar-refractivity contribution >= 4 is 23.1 Å². The zero-order valence-electron chi connectivity index (χ0n) is 9.07. The van der Waals surface area contributed by atoms with Crippen LogP contribution < -0.4 is 11.4 Å². The van der Waals surface area contributed by atoms with Gasteiger partial charge in [0.15, 0.2) is 5.65 Å². The highest BCUT2D eigenvalue weighted by molar-refractivity contribution is 7.99. The lowest BCUT2D eigenvalue weighted by Crippen LogP contribution is -2.09. The van der Waals surface area contributed by atoms with Gasteiger partial charge in [0, 0.05) is 12.3 Å². The molecule has 3 aromatic heterocycles. The number of aromatic amines is 1. The molecule has 3 heterocycles. The molecule has 0 fully saturated rings. The molecule has 0 aliphatic carbocycles. The number of aromatic nitrogens is 5. The maximum atomic E-state index is 11.3. The van der Waals surface area contributed by atoms with Crippen LogP contribution in [0.4, 0.5) is 5.69 Å². The van der Waals surface area contributed by atoms with Crippen molar-refractivity contribution in [2.75, 3.05) is 5.73 Å². The number of anilines is 1. The minimum Gasteiger partial charge on any atom is -0.397 e. The van der Waals surface area contributed by atoms with E-state index in [9.17, 15) is 4.79 Å². The second-order valence-electron chi connectivity index (χ2n) is 3.48. The van der Waals surface area contributed by atoms with Crippen LogP contribution in [0.25, 0.3) is 5.65 Å². The fourth-order valence-corrected chi connectivity index (χ4v) is 2.20. The Morgan fingerprint density at radius 1 is 1.39 bits per heavy atom. The summed E-state index contributed by atoms with van der Waals surface area (Å²) in [5.41, 5.74) is 6.58. The molecule has 0 atom stereocenters. The Bertz CT molecular complexity index is 764. The van der Waals surface area contributed by atoms with Crippen molar-refractivity contribution in [2.24, 2.45) is 0 Å². The highest BCUT2D eigenvalue weighted by Crippen LogP contribution is 2.28. The van der Waals surface area contributed by atoms with Gasteiger partial charge in [-0.3, -0.25) is 0 Å². The van der Waals surface area contributed by atoms with E-state index >= 15 is 0 Å². The molecule has 90 valence electrons. The summed E-state index contributed by atoms with van der Waals surface area (Å²) in [5, 5.41) is 7.56. The molecule has 0 amide bonds. The van der Waals surface area contributed by atoms with Crippen LogP contribution in [0.2, 0.25) is 0 Å². The fraction of sp³-hybridized carbons (Fsp3) is 0. The number of pyridine rings is 1. The van der Waals surface area contributed by atoms with Gasteiger partial charge in [0.25, 0.3) is 0 Å². The number of hydrogen-bond donors (Lipinski definition) is 2. The van der Waals surface area contributed by atoms with Crippen molar-refractivity contribution in [3.63, 3.8) is 0 Å². The number of nitrogens with one attached hydrogen (secondary N) is 1. The largest absolute Gasteiger partial charge is 0.397 e. The van der Waals surface area contributed by atoms with E-state index in [4.69, 9.17) is 5.73 Å². The minimum absolute atomic E-state index is 0.314. The number of nitrogens with zero attached hydrogens (tertiary/aromatic N) is 4. The predicted molar refractivity (Wildman–Crippen MR) is 66.4 cm³/mol. The standard InChI is InChI=1S/C10H8N6OS/c11-6-2-1-3-12-9(6)18-8-4-7-14-15-10(17)16(7)5-13-8/h1-5H,11H2,(H,15,17). The minimum atomic E-state index is -0.314. The Balaban J connectivity index is 2.00. The van der Waals surface area contributed by atoms with Gasteiger partial charge in [-0.1, -0.05) is 0 Å². The second-order valence-corrected chi connectivity index (χ2v) is 4.49. The average Bonchev–Trinajstić information content (AvgIpc) is 2.74. The van der Waals surface area contributed by atoms with E-state index in [0.29, 0.717) is 21.4 Å². The molecular weight excluding hydrogens is 252 g/mol. The summed E-state index contributed by atoms with van der Waals surface area (Å²) >= 11 is 1.32. The lowest BCUT2D eigenvalue weighted by atomic mass is 10.4. The maximum Gasteiger partial charge on any atom is 0.348 e. The van der Waals surface area contributed by atoms with Crippen LogP contribution in [0.5, 0.6) is 0 Å². The summed E-state index contributed by atoms with van der Waals surface area (Å²) in [7, 11) is 0. The summed E-state index contributed by atoms with van der Waals surface area (Å²) in [4.78, 5) is 19.6. The molecule has 0 saturated heterocycles. The van der Waals surface area contributed by atoms with Crippen molar-refractivity contribution < 1.29 is 0 Å². The van der Waals surface area contributed by atoms with E-state index in [1.807, 2.05) is 0 Å². The summed E-state index contributed by atoms with van der Waals surface area (Å²) < 4.78 is 1.33. The number of nitrogens with two attached hydrogens (primary N) is 1. The van der Waals surface area contributed by atoms with Crippen LogP contribution in [0.3, 0.4) is 0 Å². The molecule has 0 aromatic carbocycles. The van der Waals surface area contributed by atoms with Gasteiger partial charge in [-0.05, 0) is 23.9 Å². The molecule has 3 aromatic rings. The SMILES string of the molecule is Nc1cccnc1Sc1cc2n[nH]c(=O)n2cn1. The number of nitrogen functional groups attached to an aromatic ring is 1. The van der Waals surface area contributed by atoms with Gasteiger partial charge in [-0.25, -0.2) is 24.3 Å². The lowest BCUT2D eigenvalue weighted by molar-refractivity contribution is 0.961. The molecule has 0 radical (unpaired) electrons. The normalized spacial score (nSPS) is 10.9. The van der Waals surface area contributed by atoms with E-state index in [1.165, 1.54) is 22.5 Å². The van der Waals surface area contributed by atoms with Gasteiger partial charge in [0.2, 0.25) is 0 Å². The van der Waals surface area contributed by atoms with Crippen LogP contribution in [-0.4, -0.2) is 24.6 Å². The van der Waals surface area contributed by atoms with Crippen LogP contribution in [0, 0.1) is 0 Å². The summed E-state index contributed by atoms with van der Waals surface area (Å²) in [5.74, 6) is 0. The highest BCUT2D eigenvalue weighted by Gasteiger charge is 2.06. The number of fused-ring (bicyclic) bond motifs is 1. The lowest BCUT2D eigenvalue weighted by Gasteiger charge is -2.02. The topological polar surface area (TPSA) is 102 Å². The molecule has 8 heteroatoms. The Kier molecular flexibility index (Phi) is 2.49. The van der Waals surface area contributed by atoms with Crippen LogP contribution in [0.15, 0.2) is 45.6 Å². The average molecular weight is 260 g/mol. The third kappa shape index (κ3) is 1.82. The predicted octanol–water partition coefficient (Wildman–Crippen LogP) is 0.546. The van der Waals surface area contributed by atoms with Crippen LogP contribution >= 0.6 is 11.8 Å². The first-order valence-electron chi connectivity index (χ1n) is 5.05. The van der Waals surface area contributed by atoms with E-state index in [1.54, 1.807) is 24.4 Å². The number of H-pyrrole nitrogens is 1. The molecule has 7 nitrogen and oxygen atoms in total. The second kappa shape index (κ2) is 4.15. The van der Waals surface area contributed by atoms with E-state index in [-0.39, 0.29) is 5.69 Å². The summed E-state index contributed by atoms with van der Waals surface area (Å²) in [6.45, 7) is 0. The van der Waals surface area contributed by atoms with Gasteiger partial charge in [-0.15, -0.1) is 0 Å². The molecule has 0 aliphatic heterocycles. The maximum absolute atomic E-state index is 11.3. The third-order valence-electron chi connectivity index (χ3n) is 2.29. The molecule has 3 rings (SSSR count). The molecule has 3 N–H and O–H groups in total. The molecule has 0 saturated carbocycles. The Morgan fingerprint density at radius 2 is 2.28 bits per heavy atom. The Hall–Kier alpha value is -2.35.